The summed E-state index contributed by atoms with van der Waals surface area (Å²) in [7, 11) is 0. The van der Waals surface area contributed by atoms with Crippen molar-refractivity contribution in [3.8, 4) is 11.1 Å². The third-order valence-electron chi connectivity index (χ3n) is 4.25. The van der Waals surface area contributed by atoms with Crippen molar-refractivity contribution in [2.45, 2.75) is 6.42 Å². The number of primary amides is 1. The molecule has 2 aromatic carbocycles. The lowest BCUT2D eigenvalue weighted by Crippen LogP contribution is -2.32. The smallest absolute Gasteiger partial charge is 0.256 e. The van der Waals surface area contributed by atoms with Gasteiger partial charge in [0.05, 0.1) is 11.5 Å². The predicted octanol–water partition coefficient (Wildman–Crippen LogP) is 3.09. The molecule has 1 fully saturated rings. The lowest BCUT2D eigenvalue weighted by molar-refractivity contribution is -0.121. The van der Waals surface area contributed by atoms with Crippen molar-refractivity contribution in [3.05, 3.63) is 58.9 Å². The zero-order chi connectivity index (χ0) is 17.3. The summed E-state index contributed by atoms with van der Waals surface area (Å²) in [6.45, 7) is 0.650. The quantitative estimate of drug-likeness (QED) is 0.928. The van der Waals surface area contributed by atoms with Crippen molar-refractivity contribution < 1.29 is 14.0 Å². The molecule has 0 spiro atoms. The molecule has 1 atom stereocenters. The molecule has 6 heteroatoms. The summed E-state index contributed by atoms with van der Waals surface area (Å²) in [4.78, 5) is 25.1. The van der Waals surface area contributed by atoms with Crippen LogP contribution in [-0.4, -0.2) is 29.8 Å². The topological polar surface area (TPSA) is 63.4 Å². The Morgan fingerprint density at radius 1 is 1.12 bits per heavy atom. The Hall–Kier alpha value is -2.40. The first kappa shape index (κ1) is 16.5. The molecule has 0 radical (unpaired) electrons. The van der Waals surface area contributed by atoms with Gasteiger partial charge in [0.1, 0.15) is 5.82 Å². The minimum atomic E-state index is -0.588. The third kappa shape index (κ3) is 3.26. The largest absolute Gasteiger partial charge is 0.369 e. The van der Waals surface area contributed by atoms with Gasteiger partial charge in [0, 0.05) is 18.1 Å². The first-order chi connectivity index (χ1) is 11.5. The fourth-order valence-corrected chi connectivity index (χ4v) is 2.98. The van der Waals surface area contributed by atoms with E-state index in [-0.39, 0.29) is 18.0 Å². The van der Waals surface area contributed by atoms with Crippen LogP contribution in [0.2, 0.25) is 5.02 Å². The first-order valence-electron chi connectivity index (χ1n) is 7.60. The van der Waals surface area contributed by atoms with Gasteiger partial charge in [-0.15, -0.1) is 0 Å². The maximum atomic E-state index is 14.4. The summed E-state index contributed by atoms with van der Waals surface area (Å²) in [5, 5.41) is 0.601. The zero-order valence-corrected chi connectivity index (χ0v) is 13.6. The maximum Gasteiger partial charge on any atom is 0.256 e. The standard InChI is InChI=1S/C18H16ClFN2O2/c19-14-4-1-11(2-5-14)12-3-6-15(16(20)9-12)18(24)22-8-7-13(10-22)17(21)23/h1-6,9,13H,7-8,10H2,(H2,21,23)/t13-/m1/s1. The van der Waals surface area contributed by atoms with Crippen molar-refractivity contribution in [2.24, 2.45) is 11.7 Å². The van der Waals surface area contributed by atoms with E-state index in [2.05, 4.69) is 0 Å². The molecule has 0 saturated carbocycles. The van der Waals surface area contributed by atoms with Gasteiger partial charge in [-0.1, -0.05) is 29.8 Å². The highest BCUT2D eigenvalue weighted by atomic mass is 35.5. The van der Waals surface area contributed by atoms with Crippen LogP contribution in [0.25, 0.3) is 11.1 Å². The molecule has 1 saturated heterocycles. The molecule has 1 aliphatic rings. The van der Waals surface area contributed by atoms with Gasteiger partial charge >= 0.3 is 0 Å². The van der Waals surface area contributed by atoms with Crippen molar-refractivity contribution >= 4 is 23.4 Å². The molecule has 1 aliphatic heterocycles. The second kappa shape index (κ2) is 6.61. The second-order valence-corrected chi connectivity index (χ2v) is 6.28. The van der Waals surface area contributed by atoms with Gasteiger partial charge in [-0.25, -0.2) is 4.39 Å². The molecule has 2 N–H and O–H groups in total. The van der Waals surface area contributed by atoms with Gasteiger partial charge in [0.25, 0.3) is 5.91 Å². The Morgan fingerprint density at radius 3 is 2.38 bits per heavy atom. The van der Waals surface area contributed by atoms with E-state index in [0.717, 1.165) is 5.56 Å². The number of rotatable bonds is 3. The lowest BCUT2D eigenvalue weighted by atomic mass is 10.0. The Kier molecular flexibility index (Phi) is 4.53. The predicted molar refractivity (Wildman–Crippen MR) is 90.1 cm³/mol. The Balaban J connectivity index is 1.81. The van der Waals surface area contributed by atoms with Crippen LogP contribution in [0.15, 0.2) is 42.5 Å². The Labute approximate surface area is 144 Å². The fraction of sp³-hybridized carbons (Fsp3) is 0.222. The Bertz CT molecular complexity index is 792. The number of nitrogens with two attached hydrogens (primary N) is 1. The van der Waals surface area contributed by atoms with Crippen LogP contribution in [0.5, 0.6) is 0 Å². The molecule has 0 aromatic heterocycles. The van der Waals surface area contributed by atoms with E-state index < -0.39 is 17.6 Å². The highest BCUT2D eigenvalue weighted by Gasteiger charge is 2.31. The molecule has 2 amide bonds. The molecule has 1 heterocycles. The average molecular weight is 347 g/mol. The molecule has 124 valence electrons. The van der Waals surface area contributed by atoms with Gasteiger partial charge in [0.2, 0.25) is 5.91 Å². The lowest BCUT2D eigenvalue weighted by Gasteiger charge is -2.16. The number of benzene rings is 2. The number of amides is 2. The average Bonchev–Trinajstić information content (AvgIpc) is 3.05. The van der Waals surface area contributed by atoms with E-state index in [1.807, 2.05) is 0 Å². The molecule has 0 bridgehead atoms. The van der Waals surface area contributed by atoms with Crippen LogP contribution < -0.4 is 5.73 Å². The summed E-state index contributed by atoms with van der Waals surface area (Å²) in [5.74, 6) is -1.79. The van der Waals surface area contributed by atoms with E-state index in [1.54, 1.807) is 30.3 Å². The molecule has 0 unspecified atom stereocenters. The van der Waals surface area contributed by atoms with Crippen molar-refractivity contribution in [1.29, 1.82) is 0 Å². The van der Waals surface area contributed by atoms with E-state index in [1.165, 1.54) is 17.0 Å². The molecule has 2 aromatic rings. The normalized spacial score (nSPS) is 17.1. The number of hydrogen-bond acceptors (Lipinski definition) is 2. The highest BCUT2D eigenvalue weighted by molar-refractivity contribution is 6.30. The van der Waals surface area contributed by atoms with Crippen LogP contribution in [-0.2, 0) is 4.79 Å². The van der Waals surface area contributed by atoms with Gasteiger partial charge in [-0.2, -0.15) is 0 Å². The van der Waals surface area contributed by atoms with Gasteiger partial charge < -0.3 is 10.6 Å². The van der Waals surface area contributed by atoms with E-state index in [9.17, 15) is 14.0 Å². The number of nitrogens with zero attached hydrogens (tertiary/aromatic N) is 1. The number of halogens is 2. The van der Waals surface area contributed by atoms with Crippen LogP contribution in [0.3, 0.4) is 0 Å². The van der Waals surface area contributed by atoms with E-state index in [0.29, 0.717) is 23.6 Å². The van der Waals surface area contributed by atoms with Crippen molar-refractivity contribution in [2.75, 3.05) is 13.1 Å². The van der Waals surface area contributed by atoms with Gasteiger partial charge in [0.15, 0.2) is 0 Å². The SMILES string of the molecule is NC(=O)[C@@H]1CCN(C(=O)c2ccc(-c3ccc(Cl)cc3)cc2F)C1. The zero-order valence-electron chi connectivity index (χ0n) is 12.8. The minimum absolute atomic E-state index is 0.00201. The van der Waals surface area contributed by atoms with E-state index in [4.69, 9.17) is 17.3 Å². The third-order valence-corrected chi connectivity index (χ3v) is 4.51. The second-order valence-electron chi connectivity index (χ2n) is 5.84. The summed E-state index contributed by atoms with van der Waals surface area (Å²) < 4.78 is 14.4. The Morgan fingerprint density at radius 2 is 1.79 bits per heavy atom. The molecular formula is C18H16ClFN2O2. The summed E-state index contributed by atoms with van der Waals surface area (Å²) >= 11 is 5.85. The fourth-order valence-electron chi connectivity index (χ4n) is 2.86. The summed E-state index contributed by atoms with van der Waals surface area (Å²) in [5.41, 5.74) is 6.74. The van der Waals surface area contributed by atoms with Gasteiger partial charge in [-0.05, 0) is 41.8 Å². The highest BCUT2D eigenvalue weighted by Crippen LogP contribution is 2.25. The van der Waals surface area contributed by atoms with Crippen LogP contribution >= 0.6 is 11.6 Å². The van der Waals surface area contributed by atoms with E-state index >= 15 is 0 Å². The molecule has 4 nitrogen and oxygen atoms in total. The van der Waals surface area contributed by atoms with Crippen LogP contribution in [0.1, 0.15) is 16.8 Å². The van der Waals surface area contributed by atoms with Crippen LogP contribution in [0.4, 0.5) is 4.39 Å². The molecule has 3 rings (SSSR count). The van der Waals surface area contributed by atoms with Crippen molar-refractivity contribution in [1.82, 2.24) is 4.90 Å². The van der Waals surface area contributed by atoms with Gasteiger partial charge in [-0.3, -0.25) is 9.59 Å². The molecule has 0 aliphatic carbocycles. The molecular weight excluding hydrogens is 331 g/mol. The summed E-state index contributed by atoms with van der Waals surface area (Å²) in [6.07, 6.45) is 0.519. The number of carbonyl (C=O) groups excluding carboxylic acids is 2. The maximum absolute atomic E-state index is 14.4. The number of hydrogen-bond donors (Lipinski definition) is 1. The summed E-state index contributed by atoms with van der Waals surface area (Å²) in [6, 6.07) is 11.5. The minimum Gasteiger partial charge on any atom is -0.369 e. The van der Waals surface area contributed by atoms with Crippen LogP contribution in [0, 0.1) is 11.7 Å². The number of carbonyl (C=O) groups is 2. The molecule has 24 heavy (non-hydrogen) atoms. The number of likely N-dealkylation sites (tertiary alicyclic amines) is 1. The monoisotopic (exact) mass is 346 g/mol. The van der Waals surface area contributed by atoms with Crippen molar-refractivity contribution in [3.63, 3.8) is 0 Å². The first-order valence-corrected chi connectivity index (χ1v) is 7.97.